The Morgan fingerprint density at radius 3 is 2.58 bits per heavy atom. The summed E-state index contributed by atoms with van der Waals surface area (Å²) in [5.41, 5.74) is 1.46. The lowest BCUT2D eigenvalue weighted by molar-refractivity contribution is -0.402. The fraction of sp³-hybridized carbons (Fsp3) is 0.0455. The van der Waals surface area contributed by atoms with E-state index in [9.17, 15) is 10.1 Å². The number of rotatable bonds is 6. The average molecular weight is 480 g/mol. The zero-order valence-corrected chi connectivity index (χ0v) is 18.4. The van der Waals surface area contributed by atoms with Crippen LogP contribution in [0, 0.1) is 10.1 Å². The molecule has 9 nitrogen and oxygen atoms in total. The first-order valence-corrected chi connectivity index (χ1v) is 10.9. The van der Waals surface area contributed by atoms with Gasteiger partial charge in [-0.15, -0.1) is 10.2 Å². The Bertz CT molecular complexity index is 1380. The monoisotopic (exact) mass is 479 g/mol. The highest BCUT2D eigenvalue weighted by molar-refractivity contribution is 8.08. The number of thioether (sulfide) groups is 1. The third-order valence-electron chi connectivity index (χ3n) is 4.62. The van der Waals surface area contributed by atoms with Crippen molar-refractivity contribution in [2.24, 2.45) is 5.10 Å². The molecular formula is C22H14ClN5O4S. The van der Waals surface area contributed by atoms with E-state index in [1.807, 2.05) is 30.3 Å². The smallest absolute Gasteiger partial charge is 0.433 e. The molecule has 2 aromatic carbocycles. The first-order valence-electron chi connectivity index (χ1n) is 9.68. The zero-order valence-electron chi connectivity index (χ0n) is 16.8. The van der Waals surface area contributed by atoms with E-state index in [1.165, 1.54) is 17.8 Å². The number of fused-ring (bicyclic) bond motifs is 1. The molecule has 0 fully saturated rings. The summed E-state index contributed by atoms with van der Waals surface area (Å²) in [6, 6.07) is 19.4. The Kier molecular flexibility index (Phi) is 5.68. The third-order valence-corrected chi connectivity index (χ3v) is 5.85. The maximum Gasteiger partial charge on any atom is 0.433 e. The minimum Gasteiger partial charge on any atom is -0.486 e. The van der Waals surface area contributed by atoms with Gasteiger partial charge in [0.25, 0.3) is 0 Å². The highest BCUT2D eigenvalue weighted by atomic mass is 35.5. The molecule has 0 bridgehead atoms. The van der Waals surface area contributed by atoms with E-state index in [1.54, 1.807) is 41.1 Å². The van der Waals surface area contributed by atoms with E-state index in [0.29, 0.717) is 38.1 Å². The minimum absolute atomic E-state index is 0.127. The molecule has 33 heavy (non-hydrogen) atoms. The number of furan rings is 1. The molecule has 11 heteroatoms. The lowest BCUT2D eigenvalue weighted by atomic mass is 10.1. The molecule has 1 aliphatic rings. The average Bonchev–Trinajstić information content (AvgIpc) is 3.42. The molecule has 3 heterocycles. The van der Waals surface area contributed by atoms with Gasteiger partial charge in [0.2, 0.25) is 5.16 Å². The van der Waals surface area contributed by atoms with Crippen molar-refractivity contribution >= 4 is 39.9 Å². The number of allylic oxidation sites excluding steroid dienone is 1. The molecule has 164 valence electrons. The maximum atomic E-state index is 11.1. The molecule has 0 atom stereocenters. The normalized spacial score (nSPS) is 13.0. The van der Waals surface area contributed by atoms with Gasteiger partial charge in [-0.05, 0) is 48.2 Å². The number of halogens is 1. The van der Waals surface area contributed by atoms with Crippen LogP contribution in [-0.4, -0.2) is 25.5 Å². The van der Waals surface area contributed by atoms with Crippen molar-refractivity contribution < 1.29 is 14.1 Å². The van der Waals surface area contributed by atoms with Crippen molar-refractivity contribution in [3.8, 4) is 5.75 Å². The van der Waals surface area contributed by atoms with E-state index < -0.39 is 4.92 Å². The molecule has 0 unspecified atom stereocenters. The number of nitro groups is 1. The van der Waals surface area contributed by atoms with Crippen LogP contribution < -0.4 is 4.74 Å². The van der Waals surface area contributed by atoms with Gasteiger partial charge >= 0.3 is 5.88 Å². The second kappa shape index (κ2) is 8.93. The van der Waals surface area contributed by atoms with Crippen LogP contribution in [0.25, 0.3) is 4.91 Å². The minimum atomic E-state index is -0.577. The molecule has 4 aromatic rings. The van der Waals surface area contributed by atoms with Gasteiger partial charge in [0.15, 0.2) is 5.82 Å². The summed E-state index contributed by atoms with van der Waals surface area (Å²) < 4.78 is 12.8. The fourth-order valence-corrected chi connectivity index (χ4v) is 4.06. The van der Waals surface area contributed by atoms with Crippen molar-refractivity contribution in [2.45, 2.75) is 11.8 Å². The number of benzene rings is 2. The van der Waals surface area contributed by atoms with Gasteiger partial charge in [-0.1, -0.05) is 41.9 Å². The molecule has 0 radical (unpaired) electrons. The van der Waals surface area contributed by atoms with Crippen LogP contribution in [0.5, 0.6) is 5.75 Å². The van der Waals surface area contributed by atoms with E-state index >= 15 is 0 Å². The Morgan fingerprint density at radius 1 is 1.06 bits per heavy atom. The SMILES string of the molecule is O=[N+]([O-])c1ccc(C2=CC(c3ccccc3)=Nn3c(COc4ccc(Cl)cc4)nnc3S2)o1. The van der Waals surface area contributed by atoms with E-state index in [0.717, 1.165) is 5.56 Å². The summed E-state index contributed by atoms with van der Waals surface area (Å²) in [5.74, 6) is 1.12. The topological polar surface area (TPSA) is 109 Å². The van der Waals surface area contributed by atoms with Gasteiger partial charge in [-0.25, -0.2) is 0 Å². The van der Waals surface area contributed by atoms with Crippen LogP contribution in [-0.2, 0) is 6.61 Å². The highest BCUT2D eigenvalue weighted by Gasteiger charge is 2.23. The molecular weight excluding hydrogens is 466 g/mol. The number of hydrogen-bond donors (Lipinski definition) is 0. The summed E-state index contributed by atoms with van der Waals surface area (Å²) in [6.45, 7) is 0.127. The van der Waals surface area contributed by atoms with Crippen LogP contribution in [0.4, 0.5) is 5.88 Å². The van der Waals surface area contributed by atoms with Gasteiger partial charge in [0.1, 0.15) is 23.0 Å². The summed E-state index contributed by atoms with van der Waals surface area (Å²) >= 11 is 7.17. The predicted octanol–water partition coefficient (Wildman–Crippen LogP) is 5.41. The molecule has 0 spiro atoms. The van der Waals surface area contributed by atoms with Crippen LogP contribution in [0.1, 0.15) is 17.1 Å². The van der Waals surface area contributed by atoms with Crippen LogP contribution in [0.2, 0.25) is 5.02 Å². The van der Waals surface area contributed by atoms with Crippen LogP contribution in [0.3, 0.4) is 0 Å². The van der Waals surface area contributed by atoms with E-state index in [4.69, 9.17) is 25.9 Å². The quantitative estimate of drug-likeness (QED) is 0.268. The third kappa shape index (κ3) is 4.52. The van der Waals surface area contributed by atoms with Crippen molar-refractivity contribution in [1.29, 1.82) is 0 Å². The first-order chi connectivity index (χ1) is 16.1. The number of hydrogen-bond acceptors (Lipinski definition) is 8. The van der Waals surface area contributed by atoms with Gasteiger partial charge in [-0.2, -0.15) is 9.78 Å². The second-order valence-corrected chi connectivity index (χ2v) is 8.26. The van der Waals surface area contributed by atoms with Crippen molar-refractivity contribution in [2.75, 3.05) is 0 Å². The number of aromatic nitrogens is 3. The van der Waals surface area contributed by atoms with Crippen molar-refractivity contribution in [1.82, 2.24) is 14.9 Å². The number of nitrogens with zero attached hydrogens (tertiary/aromatic N) is 5. The molecule has 0 N–H and O–H groups in total. The molecule has 0 saturated carbocycles. The van der Waals surface area contributed by atoms with Crippen molar-refractivity contribution in [3.05, 3.63) is 105 Å². The zero-order chi connectivity index (χ0) is 22.8. The summed E-state index contributed by atoms with van der Waals surface area (Å²) in [7, 11) is 0. The second-order valence-electron chi connectivity index (χ2n) is 6.81. The van der Waals surface area contributed by atoms with Gasteiger partial charge in [0, 0.05) is 10.6 Å². The van der Waals surface area contributed by atoms with Crippen molar-refractivity contribution in [3.63, 3.8) is 0 Å². The van der Waals surface area contributed by atoms with Crippen LogP contribution >= 0.6 is 23.4 Å². The number of ether oxygens (including phenoxy) is 1. The lowest BCUT2D eigenvalue weighted by Gasteiger charge is -2.07. The Morgan fingerprint density at radius 2 is 1.85 bits per heavy atom. The summed E-state index contributed by atoms with van der Waals surface area (Å²) in [4.78, 5) is 11.1. The van der Waals surface area contributed by atoms with E-state index in [-0.39, 0.29) is 12.5 Å². The Balaban J connectivity index is 1.51. The largest absolute Gasteiger partial charge is 0.486 e. The molecule has 0 aliphatic carbocycles. The Hall–Kier alpha value is -3.89. The molecule has 2 aromatic heterocycles. The Labute approximate surface area is 196 Å². The van der Waals surface area contributed by atoms with Gasteiger partial charge in [-0.3, -0.25) is 10.1 Å². The van der Waals surface area contributed by atoms with Crippen LogP contribution in [0.15, 0.2) is 87.5 Å². The van der Waals surface area contributed by atoms with Gasteiger partial charge in [0.05, 0.1) is 16.7 Å². The lowest BCUT2D eigenvalue weighted by Crippen LogP contribution is -2.07. The van der Waals surface area contributed by atoms with Gasteiger partial charge < -0.3 is 9.15 Å². The summed E-state index contributed by atoms with van der Waals surface area (Å²) in [5, 5.41) is 25.4. The molecule has 0 saturated heterocycles. The first kappa shape index (κ1) is 21.0. The fourth-order valence-electron chi connectivity index (χ4n) is 3.05. The highest BCUT2D eigenvalue weighted by Crippen LogP contribution is 2.38. The van der Waals surface area contributed by atoms with E-state index in [2.05, 4.69) is 10.2 Å². The maximum absolute atomic E-state index is 11.1. The standard InChI is InChI=1S/C22H14ClN5O4S/c23-15-6-8-16(9-7-15)31-13-20-24-25-22-27(20)26-17(14-4-2-1-3-5-14)12-19(33-22)18-10-11-21(32-18)28(29)30/h1-12H,13H2. The predicted molar refractivity (Wildman–Crippen MR) is 123 cm³/mol. The summed E-state index contributed by atoms with van der Waals surface area (Å²) in [6.07, 6.45) is 1.81. The molecule has 0 amide bonds. The molecule has 5 rings (SSSR count). The molecule has 1 aliphatic heterocycles.